The first kappa shape index (κ1) is 19.3. The van der Waals surface area contributed by atoms with Gasteiger partial charge in [0.2, 0.25) is 0 Å². The molecule has 2 fully saturated rings. The van der Waals surface area contributed by atoms with E-state index in [1.165, 1.54) is 5.56 Å². The van der Waals surface area contributed by atoms with E-state index >= 15 is 0 Å². The van der Waals surface area contributed by atoms with Crippen LogP contribution in [0.4, 0.5) is 0 Å². The minimum Gasteiger partial charge on any atom is -0.382 e. The van der Waals surface area contributed by atoms with Crippen molar-refractivity contribution in [3.05, 3.63) is 35.9 Å². The Morgan fingerprint density at radius 2 is 1.96 bits per heavy atom. The van der Waals surface area contributed by atoms with E-state index in [1.54, 1.807) is 7.11 Å². The van der Waals surface area contributed by atoms with E-state index in [-0.39, 0.29) is 6.10 Å². The second-order valence-electron chi connectivity index (χ2n) is 8.05. The molecular formula is C21H32N2O3. The number of benzene rings is 1. The number of methoxy groups -OCH3 is 1. The fourth-order valence-electron chi connectivity index (χ4n) is 4.28. The first-order valence-corrected chi connectivity index (χ1v) is 9.59. The number of rotatable bonds is 5. The van der Waals surface area contributed by atoms with Gasteiger partial charge >= 0.3 is 0 Å². The van der Waals surface area contributed by atoms with Gasteiger partial charge in [0.05, 0.1) is 18.4 Å². The van der Waals surface area contributed by atoms with Gasteiger partial charge in [0.25, 0.3) is 0 Å². The number of hydrogen-bond donors (Lipinski definition) is 0. The van der Waals surface area contributed by atoms with Gasteiger partial charge in [0.1, 0.15) is 11.7 Å². The monoisotopic (exact) mass is 360 g/mol. The molecule has 0 amide bonds. The Morgan fingerprint density at radius 1 is 1.23 bits per heavy atom. The van der Waals surface area contributed by atoms with Crippen LogP contribution in [0.2, 0.25) is 0 Å². The second-order valence-corrected chi connectivity index (χ2v) is 8.05. The van der Waals surface area contributed by atoms with Gasteiger partial charge in [-0.1, -0.05) is 30.3 Å². The third-order valence-electron chi connectivity index (χ3n) is 5.18. The van der Waals surface area contributed by atoms with Crippen LogP contribution in [0.1, 0.15) is 46.1 Å². The van der Waals surface area contributed by atoms with Crippen molar-refractivity contribution in [1.82, 2.24) is 5.01 Å². The maximum Gasteiger partial charge on any atom is 0.164 e. The summed E-state index contributed by atoms with van der Waals surface area (Å²) in [4.78, 5) is 0. The summed E-state index contributed by atoms with van der Waals surface area (Å²) in [6.07, 6.45) is 2.92. The maximum atomic E-state index is 6.44. The molecule has 1 aromatic carbocycles. The predicted molar refractivity (Wildman–Crippen MR) is 103 cm³/mol. The molecule has 2 saturated heterocycles. The quantitative estimate of drug-likeness (QED) is 0.804. The SMILES string of the molecule is COC[C@H]1CCCN1/N=C1/[C@@H](C)OC(C)(C)O[C@]1(C)Cc1ccccc1. The molecule has 144 valence electrons. The Morgan fingerprint density at radius 3 is 2.65 bits per heavy atom. The molecule has 5 nitrogen and oxygen atoms in total. The second kappa shape index (κ2) is 7.67. The van der Waals surface area contributed by atoms with Crippen LogP contribution in [-0.2, 0) is 20.6 Å². The predicted octanol–water partition coefficient (Wildman–Crippen LogP) is 3.63. The van der Waals surface area contributed by atoms with E-state index in [4.69, 9.17) is 19.3 Å². The van der Waals surface area contributed by atoms with Crippen molar-refractivity contribution in [3.8, 4) is 0 Å². The molecule has 1 aromatic rings. The zero-order chi connectivity index (χ0) is 18.8. The van der Waals surface area contributed by atoms with Gasteiger partial charge in [-0.15, -0.1) is 0 Å². The Bertz CT molecular complexity index is 631. The fraction of sp³-hybridized carbons (Fsp3) is 0.667. The van der Waals surface area contributed by atoms with Crippen LogP contribution < -0.4 is 0 Å². The number of hydrogen-bond acceptors (Lipinski definition) is 5. The first-order valence-electron chi connectivity index (χ1n) is 9.59. The van der Waals surface area contributed by atoms with Crippen LogP contribution >= 0.6 is 0 Å². The molecule has 3 atom stereocenters. The van der Waals surface area contributed by atoms with Crippen molar-refractivity contribution in [3.63, 3.8) is 0 Å². The lowest BCUT2D eigenvalue weighted by Gasteiger charge is -2.47. The van der Waals surface area contributed by atoms with Crippen LogP contribution in [0, 0.1) is 0 Å². The Labute approximate surface area is 157 Å². The molecule has 2 aliphatic rings. The van der Waals surface area contributed by atoms with E-state index in [0.29, 0.717) is 12.6 Å². The van der Waals surface area contributed by atoms with E-state index in [0.717, 1.165) is 31.5 Å². The lowest BCUT2D eigenvalue weighted by atomic mass is 9.87. The minimum absolute atomic E-state index is 0.101. The fourth-order valence-corrected chi connectivity index (χ4v) is 4.28. The summed E-state index contributed by atoms with van der Waals surface area (Å²) < 4.78 is 17.9. The van der Waals surface area contributed by atoms with Crippen molar-refractivity contribution < 1.29 is 14.2 Å². The Balaban J connectivity index is 1.92. The summed E-state index contributed by atoms with van der Waals surface area (Å²) in [5.74, 6) is -0.640. The highest BCUT2D eigenvalue weighted by Gasteiger charge is 2.47. The van der Waals surface area contributed by atoms with Gasteiger partial charge in [-0.25, -0.2) is 0 Å². The molecule has 0 unspecified atom stereocenters. The van der Waals surface area contributed by atoms with Gasteiger partial charge in [0, 0.05) is 20.1 Å². The van der Waals surface area contributed by atoms with Crippen molar-refractivity contribution in [1.29, 1.82) is 0 Å². The lowest BCUT2D eigenvalue weighted by molar-refractivity contribution is -0.279. The van der Waals surface area contributed by atoms with Gasteiger partial charge in [0.15, 0.2) is 5.79 Å². The summed E-state index contributed by atoms with van der Waals surface area (Å²) in [7, 11) is 1.75. The van der Waals surface area contributed by atoms with Crippen LogP contribution in [0.3, 0.4) is 0 Å². The zero-order valence-corrected chi connectivity index (χ0v) is 16.7. The van der Waals surface area contributed by atoms with Crippen molar-refractivity contribution in [2.45, 2.75) is 70.5 Å². The van der Waals surface area contributed by atoms with Gasteiger partial charge in [-0.05, 0) is 46.1 Å². The third kappa shape index (κ3) is 4.27. The summed E-state index contributed by atoms with van der Waals surface area (Å²) in [5, 5.41) is 7.22. The van der Waals surface area contributed by atoms with E-state index < -0.39 is 11.4 Å². The molecule has 0 bridgehead atoms. The van der Waals surface area contributed by atoms with Crippen LogP contribution in [-0.4, -0.2) is 54.5 Å². The molecule has 2 aliphatic heterocycles. The van der Waals surface area contributed by atoms with Crippen molar-refractivity contribution in [2.24, 2.45) is 5.10 Å². The number of ether oxygens (including phenoxy) is 3. The normalized spacial score (nSPS) is 33.0. The van der Waals surface area contributed by atoms with Crippen LogP contribution in [0.25, 0.3) is 0 Å². The summed E-state index contributed by atoms with van der Waals surface area (Å²) >= 11 is 0. The zero-order valence-electron chi connectivity index (χ0n) is 16.7. The topological polar surface area (TPSA) is 43.3 Å². The molecule has 0 aliphatic carbocycles. The Hall–Kier alpha value is -1.43. The average Bonchev–Trinajstić information content (AvgIpc) is 2.98. The molecule has 0 spiro atoms. The van der Waals surface area contributed by atoms with E-state index in [1.807, 2.05) is 19.9 Å². The smallest absolute Gasteiger partial charge is 0.164 e. The molecular weight excluding hydrogens is 328 g/mol. The summed E-state index contributed by atoms with van der Waals surface area (Å²) in [5.41, 5.74) is 1.69. The van der Waals surface area contributed by atoms with Crippen LogP contribution in [0.15, 0.2) is 35.4 Å². The standard InChI is InChI=1S/C21H32N2O3/c1-16-19(22-23-13-9-12-18(23)15-24-5)21(4,26-20(2,3)25-16)14-17-10-7-6-8-11-17/h6-8,10-11,16,18H,9,12-15H2,1-5H3/b22-19-/t16-,18-,21-/m1/s1. The molecule has 0 saturated carbocycles. The Kier molecular flexibility index (Phi) is 5.70. The molecule has 26 heavy (non-hydrogen) atoms. The largest absolute Gasteiger partial charge is 0.382 e. The van der Waals surface area contributed by atoms with Crippen molar-refractivity contribution >= 4 is 5.71 Å². The average molecular weight is 360 g/mol. The highest BCUT2D eigenvalue weighted by Crippen LogP contribution is 2.35. The van der Waals surface area contributed by atoms with Gasteiger partial charge in [-0.2, -0.15) is 5.10 Å². The lowest BCUT2D eigenvalue weighted by Crippen LogP contribution is -2.59. The van der Waals surface area contributed by atoms with E-state index in [2.05, 4.69) is 43.1 Å². The summed E-state index contributed by atoms with van der Waals surface area (Å²) in [6, 6.07) is 10.8. The number of hydrazone groups is 1. The highest BCUT2D eigenvalue weighted by molar-refractivity contribution is 5.96. The number of nitrogens with zero attached hydrogens (tertiary/aromatic N) is 2. The third-order valence-corrected chi connectivity index (χ3v) is 5.18. The van der Waals surface area contributed by atoms with E-state index in [9.17, 15) is 0 Å². The molecule has 0 aromatic heterocycles. The first-order chi connectivity index (χ1) is 12.3. The van der Waals surface area contributed by atoms with Crippen molar-refractivity contribution in [2.75, 3.05) is 20.3 Å². The van der Waals surface area contributed by atoms with Gasteiger partial charge in [-0.3, -0.25) is 5.01 Å². The maximum absolute atomic E-state index is 6.44. The molecule has 3 rings (SSSR count). The molecule has 2 heterocycles. The highest BCUT2D eigenvalue weighted by atomic mass is 16.7. The summed E-state index contributed by atoms with van der Waals surface area (Å²) in [6.45, 7) is 9.83. The van der Waals surface area contributed by atoms with Gasteiger partial charge < -0.3 is 14.2 Å². The minimum atomic E-state index is -0.640. The molecule has 0 radical (unpaired) electrons. The molecule has 5 heteroatoms. The van der Waals surface area contributed by atoms with Crippen LogP contribution in [0.5, 0.6) is 0 Å². The molecule has 0 N–H and O–H groups in total.